The summed E-state index contributed by atoms with van der Waals surface area (Å²) in [6.45, 7) is 6.17. The molecule has 5 amide bonds. The summed E-state index contributed by atoms with van der Waals surface area (Å²) in [6, 6.07) is 13.9. The molecule has 4 N–H and O–H groups in total. The van der Waals surface area contributed by atoms with E-state index in [4.69, 9.17) is 4.84 Å². The number of rotatable bonds is 13. The van der Waals surface area contributed by atoms with Crippen molar-refractivity contribution in [2.75, 3.05) is 69.2 Å². The molecule has 0 radical (unpaired) electrons. The molecule has 0 bridgehead atoms. The average Bonchev–Trinajstić information content (AvgIpc) is 3.68. The molecule has 3 aromatic carbocycles. The van der Waals surface area contributed by atoms with Crippen LogP contribution in [0.5, 0.6) is 0 Å². The topological polar surface area (TPSA) is 170 Å². The van der Waals surface area contributed by atoms with E-state index in [9.17, 15) is 28.4 Å². The molecular weight excluding hydrogens is 892 g/mol. The first-order valence-corrected chi connectivity index (χ1v) is 23.0. The number of benzene rings is 3. The van der Waals surface area contributed by atoms with Crippen LogP contribution in [0.25, 0.3) is 11.0 Å². The van der Waals surface area contributed by atoms with Crippen molar-refractivity contribution < 1.29 is 37.6 Å². The lowest BCUT2D eigenvalue weighted by molar-refractivity contribution is -0.140. The van der Waals surface area contributed by atoms with Crippen LogP contribution in [0.15, 0.2) is 59.3 Å². The summed E-state index contributed by atoms with van der Waals surface area (Å²) in [7, 11) is 1.66. The first-order valence-electron chi connectivity index (χ1n) is 22.2. The smallest absolute Gasteiger partial charge is 0.277 e. The number of aryl methyl sites for hydroxylation is 1. The highest BCUT2D eigenvalue weighted by molar-refractivity contribution is 9.10. The third-order valence-electron chi connectivity index (χ3n) is 13.2. The van der Waals surface area contributed by atoms with Crippen LogP contribution in [0.2, 0.25) is 0 Å². The molecule has 3 saturated heterocycles. The number of imide groups is 1. The van der Waals surface area contributed by atoms with E-state index in [1.54, 1.807) is 17.7 Å². The van der Waals surface area contributed by atoms with Gasteiger partial charge in [0, 0.05) is 87.8 Å². The van der Waals surface area contributed by atoms with Crippen LogP contribution >= 0.6 is 15.9 Å². The second-order valence-corrected chi connectivity index (χ2v) is 18.3. The molecule has 1 aliphatic carbocycles. The fourth-order valence-corrected chi connectivity index (χ4v) is 9.81. The van der Waals surface area contributed by atoms with Gasteiger partial charge in [0.05, 0.1) is 41.3 Å². The quantitative estimate of drug-likeness (QED) is 0.0761. The number of piperazine rings is 1. The lowest BCUT2D eigenvalue weighted by Gasteiger charge is -2.40. The lowest BCUT2D eigenvalue weighted by Crippen LogP contribution is -2.52. The van der Waals surface area contributed by atoms with Crippen LogP contribution in [-0.2, 0) is 31.1 Å². The Morgan fingerprint density at radius 2 is 1.61 bits per heavy atom. The molecule has 4 aliphatic rings. The molecule has 8 rings (SSSR count). The predicted octanol–water partition coefficient (Wildman–Crippen LogP) is 5.52. The Morgan fingerprint density at radius 1 is 0.891 bits per heavy atom. The number of piperidine rings is 2. The SMILES string of the molecule is Cn1cnc2c(F)c(Nc3ccc(Br)cc3F)c(C(=O)NOCCNC(=O)C3CCC(C(=O)N4CCN(CC5CCN(c6ccc(C7CCC(=O)NC7=O)cc6)CC5)CC4)CC3)cc21. The van der Waals surface area contributed by atoms with Crippen molar-refractivity contribution >= 4 is 73.6 Å². The third kappa shape index (κ3) is 10.4. The molecule has 4 heterocycles. The lowest BCUT2D eigenvalue weighted by atomic mass is 9.81. The van der Waals surface area contributed by atoms with Crippen molar-refractivity contribution in [2.45, 2.75) is 57.3 Å². The van der Waals surface area contributed by atoms with E-state index >= 15 is 4.39 Å². The Hall–Kier alpha value is -5.46. The number of imidazole rings is 1. The number of hydrogen-bond donors (Lipinski definition) is 4. The number of aromatic nitrogens is 2. The van der Waals surface area contributed by atoms with Crippen molar-refractivity contribution in [3.8, 4) is 0 Å². The summed E-state index contributed by atoms with van der Waals surface area (Å²) in [5.41, 5.74) is 4.34. The number of halogens is 3. The van der Waals surface area contributed by atoms with Crippen molar-refractivity contribution in [2.24, 2.45) is 24.8 Å². The van der Waals surface area contributed by atoms with Gasteiger partial charge in [-0.1, -0.05) is 28.1 Å². The van der Waals surface area contributed by atoms with Gasteiger partial charge in [-0.3, -0.25) is 39.0 Å². The predicted molar refractivity (Wildman–Crippen MR) is 239 cm³/mol. The van der Waals surface area contributed by atoms with Gasteiger partial charge >= 0.3 is 0 Å². The minimum atomic E-state index is -0.827. The van der Waals surface area contributed by atoms with Crippen LogP contribution < -0.4 is 26.3 Å². The zero-order valence-corrected chi connectivity index (χ0v) is 37.4. The summed E-state index contributed by atoms with van der Waals surface area (Å²) >= 11 is 3.20. The van der Waals surface area contributed by atoms with Gasteiger partial charge in [-0.05, 0) is 92.8 Å². The Bertz CT molecular complexity index is 2370. The van der Waals surface area contributed by atoms with Crippen LogP contribution in [0.4, 0.5) is 25.8 Å². The Balaban J connectivity index is 0.716. The molecule has 15 nitrogen and oxygen atoms in total. The van der Waals surface area contributed by atoms with E-state index in [2.05, 4.69) is 64.3 Å². The Labute approximate surface area is 378 Å². The summed E-state index contributed by atoms with van der Waals surface area (Å²) in [4.78, 5) is 80.0. The zero-order chi connectivity index (χ0) is 44.9. The Morgan fingerprint density at radius 3 is 2.31 bits per heavy atom. The fraction of sp³-hybridized carbons (Fsp3) is 0.478. The van der Waals surface area contributed by atoms with E-state index in [0.29, 0.717) is 67.5 Å². The number of nitrogens with one attached hydrogen (secondary N) is 4. The largest absolute Gasteiger partial charge is 0.372 e. The van der Waals surface area contributed by atoms with Crippen LogP contribution in [0.3, 0.4) is 0 Å². The van der Waals surface area contributed by atoms with Crippen molar-refractivity contribution in [1.29, 1.82) is 0 Å². The summed E-state index contributed by atoms with van der Waals surface area (Å²) in [6.07, 6.45) is 7.05. The number of hydroxylamine groups is 1. The molecule has 3 aliphatic heterocycles. The molecule has 18 heteroatoms. The van der Waals surface area contributed by atoms with Gasteiger partial charge in [-0.15, -0.1) is 0 Å². The molecule has 1 aromatic heterocycles. The summed E-state index contributed by atoms with van der Waals surface area (Å²) in [5, 5.41) is 8.00. The van der Waals surface area contributed by atoms with Gasteiger partial charge in [-0.2, -0.15) is 0 Å². The number of nitrogens with zero attached hydrogens (tertiary/aromatic N) is 5. The van der Waals surface area contributed by atoms with Crippen LogP contribution in [-0.4, -0.2) is 108 Å². The van der Waals surface area contributed by atoms with Crippen molar-refractivity contribution in [1.82, 2.24) is 35.5 Å². The van der Waals surface area contributed by atoms with Crippen molar-refractivity contribution in [3.63, 3.8) is 0 Å². The second-order valence-electron chi connectivity index (χ2n) is 17.4. The maximum atomic E-state index is 15.7. The van der Waals surface area contributed by atoms with E-state index in [1.165, 1.54) is 24.5 Å². The van der Waals surface area contributed by atoms with E-state index in [0.717, 1.165) is 56.8 Å². The fourth-order valence-electron chi connectivity index (χ4n) is 9.47. The number of anilines is 3. The molecule has 4 fully saturated rings. The van der Waals surface area contributed by atoms with E-state index in [1.807, 2.05) is 17.0 Å². The Kier molecular flexibility index (Phi) is 14.2. The maximum absolute atomic E-state index is 15.7. The highest BCUT2D eigenvalue weighted by Gasteiger charge is 2.34. The monoisotopic (exact) mass is 945 g/mol. The minimum absolute atomic E-state index is 0.00972. The van der Waals surface area contributed by atoms with Gasteiger partial charge in [0.1, 0.15) is 11.3 Å². The number of carbonyl (C=O) groups excluding carboxylic acids is 5. The van der Waals surface area contributed by atoms with E-state index < -0.39 is 17.5 Å². The molecule has 64 heavy (non-hydrogen) atoms. The van der Waals surface area contributed by atoms with E-state index in [-0.39, 0.29) is 77.0 Å². The number of amides is 5. The first kappa shape index (κ1) is 45.1. The number of hydrogen-bond acceptors (Lipinski definition) is 10. The molecule has 4 aromatic rings. The molecule has 1 atom stereocenters. The molecular formula is C46H54BrF2N9O6. The molecule has 1 unspecified atom stereocenters. The zero-order valence-electron chi connectivity index (χ0n) is 35.8. The second kappa shape index (κ2) is 20.2. The number of fused-ring (bicyclic) bond motifs is 1. The van der Waals surface area contributed by atoms with Gasteiger partial charge in [0.15, 0.2) is 5.82 Å². The average molecular weight is 947 g/mol. The number of carbonyl (C=O) groups is 5. The standard InChI is InChI=1S/C46H54BrF2N9O6/c1-55-27-51-42-38(55)25-35(41(40(42)49)52-37-12-8-32(47)24-36(37)48)45(62)54-64-23-16-50-43(60)30-2-4-31(5-3-30)46(63)58-21-19-56(20-22-58)26-28-14-17-57(18-15-28)33-9-6-29(7-10-33)34-11-13-39(59)53-44(34)61/h6-10,12,24-25,27-28,30-31,34,52H,2-5,11,13-23,26H2,1H3,(H,50,60)(H,54,62)(H,53,59,61). The summed E-state index contributed by atoms with van der Waals surface area (Å²) in [5.74, 6) is -2.61. The normalized spacial score (nSPS) is 21.2. The third-order valence-corrected chi connectivity index (χ3v) is 13.7. The molecule has 340 valence electrons. The van der Waals surface area contributed by atoms with Gasteiger partial charge in [0.2, 0.25) is 23.6 Å². The molecule has 1 saturated carbocycles. The van der Waals surface area contributed by atoms with Gasteiger partial charge in [0.25, 0.3) is 5.91 Å². The minimum Gasteiger partial charge on any atom is -0.372 e. The van der Waals surface area contributed by atoms with Crippen molar-refractivity contribution in [3.05, 3.63) is 82.1 Å². The van der Waals surface area contributed by atoms with Crippen LogP contribution in [0.1, 0.15) is 73.2 Å². The highest BCUT2D eigenvalue weighted by Crippen LogP contribution is 2.34. The maximum Gasteiger partial charge on any atom is 0.277 e. The van der Waals surface area contributed by atoms with Gasteiger partial charge in [-0.25, -0.2) is 19.2 Å². The van der Waals surface area contributed by atoms with Crippen LogP contribution in [0, 0.1) is 29.4 Å². The highest BCUT2D eigenvalue weighted by atomic mass is 79.9. The first-order chi connectivity index (χ1) is 30.9. The van der Waals surface area contributed by atoms with Gasteiger partial charge < -0.3 is 25.0 Å². The summed E-state index contributed by atoms with van der Waals surface area (Å²) < 4.78 is 32.4. The molecule has 0 spiro atoms.